The fourth-order valence-electron chi connectivity index (χ4n) is 2.58. The lowest BCUT2D eigenvalue weighted by atomic mass is 10.0. The largest absolute Gasteiger partial charge is 0.439 e. The minimum absolute atomic E-state index is 0.178. The van der Waals surface area contributed by atoms with Crippen LogP contribution in [0.4, 0.5) is 0 Å². The number of nitrogens with zero attached hydrogens (tertiary/aromatic N) is 1. The highest BCUT2D eigenvalue weighted by Gasteiger charge is 2.42. The van der Waals surface area contributed by atoms with Crippen LogP contribution in [0.25, 0.3) is 11.1 Å². The number of Topliss-reactive ketones (excluding diaryl/α,β-unsaturated/α-hetero) is 2. The average Bonchev–Trinajstić information content (AvgIpc) is 3.00. The smallest absolute Gasteiger partial charge is 0.214 e. The van der Waals surface area contributed by atoms with E-state index >= 15 is 0 Å². The molecule has 1 aliphatic carbocycles. The summed E-state index contributed by atoms with van der Waals surface area (Å²) in [5.41, 5.74) is 2.13. The summed E-state index contributed by atoms with van der Waals surface area (Å²) in [6, 6.07) is 14.0. The van der Waals surface area contributed by atoms with Gasteiger partial charge in [-0.2, -0.15) is 0 Å². The molecule has 4 nitrogen and oxygen atoms in total. The van der Waals surface area contributed by atoms with Crippen LogP contribution in [0.2, 0.25) is 0 Å². The van der Waals surface area contributed by atoms with E-state index in [9.17, 15) is 9.59 Å². The molecule has 3 aromatic rings. The topological polar surface area (TPSA) is 60.2 Å². The van der Waals surface area contributed by atoms with Crippen LogP contribution in [0.3, 0.4) is 0 Å². The van der Waals surface area contributed by atoms with Crippen molar-refractivity contribution in [1.82, 2.24) is 4.98 Å². The van der Waals surface area contributed by atoms with Gasteiger partial charge in [0.2, 0.25) is 5.89 Å². The summed E-state index contributed by atoms with van der Waals surface area (Å²) in [6.07, 6.45) is 0. The van der Waals surface area contributed by atoms with E-state index in [0.717, 1.165) is 0 Å². The van der Waals surface area contributed by atoms with E-state index in [-0.39, 0.29) is 17.5 Å². The third kappa shape index (κ3) is 1.39. The SMILES string of the molecule is O=C1c2ccccc2C(=O)C1c1nc2ccccc2o1. The second kappa shape index (κ2) is 3.87. The molecule has 4 heteroatoms. The molecule has 0 spiro atoms. The van der Waals surface area contributed by atoms with Gasteiger partial charge in [0.25, 0.3) is 0 Å². The lowest BCUT2D eigenvalue weighted by Gasteiger charge is -1.99. The molecule has 0 aliphatic heterocycles. The van der Waals surface area contributed by atoms with Gasteiger partial charge in [0.1, 0.15) is 5.52 Å². The van der Waals surface area contributed by atoms with Gasteiger partial charge in [-0.1, -0.05) is 36.4 Å². The highest BCUT2D eigenvalue weighted by molar-refractivity contribution is 6.29. The van der Waals surface area contributed by atoms with Crippen molar-refractivity contribution in [1.29, 1.82) is 0 Å². The van der Waals surface area contributed by atoms with Gasteiger partial charge in [0.15, 0.2) is 23.1 Å². The number of para-hydroxylation sites is 2. The molecule has 0 unspecified atom stereocenters. The summed E-state index contributed by atoms with van der Waals surface area (Å²) >= 11 is 0. The molecule has 0 fully saturated rings. The van der Waals surface area contributed by atoms with E-state index in [0.29, 0.717) is 22.2 Å². The highest BCUT2D eigenvalue weighted by atomic mass is 16.3. The maximum Gasteiger partial charge on any atom is 0.214 e. The average molecular weight is 263 g/mol. The Hall–Kier alpha value is -2.75. The van der Waals surface area contributed by atoms with Crippen molar-refractivity contribution in [2.75, 3.05) is 0 Å². The van der Waals surface area contributed by atoms with Crippen LogP contribution in [0.1, 0.15) is 32.5 Å². The normalized spacial score (nSPS) is 15.0. The fraction of sp³-hybridized carbons (Fsp3) is 0.0625. The van der Waals surface area contributed by atoms with Gasteiger partial charge in [-0.25, -0.2) is 4.98 Å². The molecular weight excluding hydrogens is 254 g/mol. The number of carbonyl (C=O) groups is 2. The van der Waals surface area contributed by atoms with E-state index in [1.165, 1.54) is 0 Å². The third-order valence-electron chi connectivity index (χ3n) is 3.54. The quantitative estimate of drug-likeness (QED) is 0.633. The number of carbonyl (C=O) groups excluding carboxylic acids is 2. The molecular formula is C16H9NO3. The van der Waals surface area contributed by atoms with Gasteiger partial charge >= 0.3 is 0 Å². The number of aromatic nitrogens is 1. The number of ketones is 2. The second-order valence-corrected chi connectivity index (χ2v) is 4.73. The number of oxazole rings is 1. The number of hydrogen-bond donors (Lipinski definition) is 0. The predicted octanol–water partition coefficient (Wildman–Crippen LogP) is 2.99. The first-order valence-electron chi connectivity index (χ1n) is 6.28. The lowest BCUT2D eigenvalue weighted by Crippen LogP contribution is -2.13. The first kappa shape index (κ1) is 11.1. The third-order valence-corrected chi connectivity index (χ3v) is 3.54. The summed E-state index contributed by atoms with van der Waals surface area (Å²) in [7, 11) is 0. The molecule has 1 heterocycles. The molecule has 20 heavy (non-hydrogen) atoms. The molecule has 1 aromatic heterocycles. The van der Waals surface area contributed by atoms with Crippen molar-refractivity contribution in [2.24, 2.45) is 0 Å². The molecule has 4 rings (SSSR count). The first-order chi connectivity index (χ1) is 9.75. The zero-order chi connectivity index (χ0) is 13.7. The summed E-state index contributed by atoms with van der Waals surface area (Å²) in [5, 5.41) is 0. The lowest BCUT2D eigenvalue weighted by molar-refractivity contribution is 0.0876. The van der Waals surface area contributed by atoms with Crippen molar-refractivity contribution in [3.63, 3.8) is 0 Å². The predicted molar refractivity (Wildman–Crippen MR) is 71.9 cm³/mol. The Kier molecular flexibility index (Phi) is 2.15. The van der Waals surface area contributed by atoms with Crippen LogP contribution in [0.5, 0.6) is 0 Å². The van der Waals surface area contributed by atoms with E-state index in [1.807, 2.05) is 12.1 Å². The van der Waals surface area contributed by atoms with Crippen molar-refractivity contribution in [3.05, 3.63) is 65.5 Å². The summed E-state index contributed by atoms with van der Waals surface area (Å²) in [6.45, 7) is 0. The van der Waals surface area contributed by atoms with E-state index in [4.69, 9.17) is 4.42 Å². The zero-order valence-electron chi connectivity index (χ0n) is 10.4. The standard InChI is InChI=1S/C16H9NO3/c18-14-9-5-1-2-6-10(9)15(19)13(14)16-17-11-7-3-4-8-12(11)20-16/h1-8,13H. The molecule has 2 aromatic carbocycles. The summed E-state index contributed by atoms with van der Waals surface area (Å²) in [5.74, 6) is -1.24. The maximum absolute atomic E-state index is 12.4. The number of benzene rings is 2. The van der Waals surface area contributed by atoms with Gasteiger partial charge < -0.3 is 4.42 Å². The van der Waals surface area contributed by atoms with E-state index in [1.54, 1.807) is 36.4 Å². The monoisotopic (exact) mass is 263 g/mol. The molecule has 0 N–H and O–H groups in total. The van der Waals surface area contributed by atoms with E-state index < -0.39 is 5.92 Å². The zero-order valence-corrected chi connectivity index (χ0v) is 10.4. The van der Waals surface area contributed by atoms with Crippen LogP contribution in [0, 0.1) is 0 Å². The molecule has 1 aliphatic rings. The second-order valence-electron chi connectivity index (χ2n) is 4.73. The Balaban J connectivity index is 1.88. The molecule has 0 atom stereocenters. The first-order valence-corrected chi connectivity index (χ1v) is 6.28. The van der Waals surface area contributed by atoms with Gasteiger partial charge in [-0.05, 0) is 12.1 Å². The Morgan fingerprint density at radius 2 is 1.45 bits per heavy atom. The number of rotatable bonds is 1. The maximum atomic E-state index is 12.4. The fourth-order valence-corrected chi connectivity index (χ4v) is 2.58. The molecule has 0 radical (unpaired) electrons. The molecule has 0 saturated carbocycles. The van der Waals surface area contributed by atoms with Crippen LogP contribution >= 0.6 is 0 Å². The van der Waals surface area contributed by atoms with Crippen LogP contribution in [0.15, 0.2) is 52.9 Å². The molecule has 0 saturated heterocycles. The van der Waals surface area contributed by atoms with Gasteiger partial charge in [0.05, 0.1) is 0 Å². The summed E-state index contributed by atoms with van der Waals surface area (Å²) < 4.78 is 5.57. The van der Waals surface area contributed by atoms with Gasteiger partial charge in [-0.3, -0.25) is 9.59 Å². The van der Waals surface area contributed by atoms with Crippen LogP contribution in [-0.4, -0.2) is 16.6 Å². The number of hydrogen-bond acceptors (Lipinski definition) is 4. The summed E-state index contributed by atoms with van der Waals surface area (Å²) in [4.78, 5) is 29.0. The molecule has 0 bridgehead atoms. The Labute approximate surface area is 114 Å². The van der Waals surface area contributed by atoms with Crippen molar-refractivity contribution in [2.45, 2.75) is 5.92 Å². The van der Waals surface area contributed by atoms with Crippen molar-refractivity contribution >= 4 is 22.7 Å². The Morgan fingerprint density at radius 1 is 0.850 bits per heavy atom. The van der Waals surface area contributed by atoms with Crippen LogP contribution in [-0.2, 0) is 0 Å². The molecule has 0 amide bonds. The van der Waals surface area contributed by atoms with Gasteiger partial charge in [0, 0.05) is 11.1 Å². The number of fused-ring (bicyclic) bond motifs is 2. The van der Waals surface area contributed by atoms with E-state index in [2.05, 4.69) is 4.98 Å². The van der Waals surface area contributed by atoms with Crippen molar-refractivity contribution < 1.29 is 14.0 Å². The Bertz CT molecular complexity index is 795. The highest BCUT2D eigenvalue weighted by Crippen LogP contribution is 2.34. The van der Waals surface area contributed by atoms with Gasteiger partial charge in [-0.15, -0.1) is 0 Å². The minimum atomic E-state index is -0.945. The minimum Gasteiger partial charge on any atom is -0.439 e. The molecule has 96 valence electrons. The van der Waals surface area contributed by atoms with Crippen LogP contribution < -0.4 is 0 Å². The van der Waals surface area contributed by atoms with Crippen molar-refractivity contribution in [3.8, 4) is 0 Å². The Morgan fingerprint density at radius 3 is 2.10 bits per heavy atom.